The van der Waals surface area contributed by atoms with Crippen LogP contribution in [0.25, 0.3) is 0 Å². The van der Waals surface area contributed by atoms with Gasteiger partial charge in [-0.1, -0.05) is 31.8 Å². The smallest absolute Gasteiger partial charge is 0.0521 e. The second-order valence-electron chi connectivity index (χ2n) is 3.81. The first-order valence-corrected chi connectivity index (χ1v) is 5.61. The fourth-order valence-corrected chi connectivity index (χ4v) is 1.22. The van der Waals surface area contributed by atoms with Gasteiger partial charge in [0.25, 0.3) is 0 Å². The van der Waals surface area contributed by atoms with Crippen LogP contribution in [0.1, 0.15) is 52.9 Å². The molecular weight excluding hydrogens is 172 g/mol. The third kappa shape index (κ3) is 6.84. The highest BCUT2D eigenvalue weighted by Crippen LogP contribution is 2.04. The van der Waals surface area contributed by atoms with Gasteiger partial charge in [-0.3, -0.25) is 4.99 Å². The molecule has 2 nitrogen and oxygen atoms in total. The van der Waals surface area contributed by atoms with Gasteiger partial charge in [0.05, 0.1) is 5.70 Å². The zero-order valence-corrected chi connectivity index (χ0v) is 9.84. The van der Waals surface area contributed by atoms with Gasteiger partial charge in [-0.25, -0.2) is 0 Å². The summed E-state index contributed by atoms with van der Waals surface area (Å²) in [6, 6.07) is 0. The van der Waals surface area contributed by atoms with E-state index in [4.69, 9.17) is 5.73 Å². The summed E-state index contributed by atoms with van der Waals surface area (Å²) >= 11 is 0. The molecule has 0 aliphatic rings. The Labute approximate surface area is 88.3 Å². The van der Waals surface area contributed by atoms with Crippen LogP contribution in [-0.4, -0.2) is 12.8 Å². The average Bonchev–Trinajstić information content (AvgIpc) is 2.16. The molecule has 0 amide bonds. The molecule has 0 aromatic heterocycles. The van der Waals surface area contributed by atoms with Gasteiger partial charge in [0.2, 0.25) is 0 Å². The zero-order valence-electron chi connectivity index (χ0n) is 9.84. The molecule has 0 saturated heterocycles. The lowest BCUT2D eigenvalue weighted by atomic mass is 10.2. The fraction of sp³-hybridized carbons (Fsp3) is 0.750. The van der Waals surface area contributed by atoms with Crippen LogP contribution in [0.4, 0.5) is 0 Å². The highest BCUT2D eigenvalue weighted by molar-refractivity contribution is 5.59. The first-order chi connectivity index (χ1) is 6.72. The monoisotopic (exact) mass is 196 g/mol. The molecule has 0 unspecified atom stereocenters. The summed E-state index contributed by atoms with van der Waals surface area (Å²) in [6.45, 7) is 6.88. The van der Waals surface area contributed by atoms with E-state index in [1.165, 1.54) is 31.3 Å². The molecule has 0 bridgehead atoms. The largest absolute Gasteiger partial charge is 0.325 e. The maximum atomic E-state index is 5.56. The Morgan fingerprint density at radius 2 is 1.93 bits per heavy atom. The average molecular weight is 196 g/mol. The number of unbranched alkanes of at least 4 members (excludes halogenated alkanes) is 4. The van der Waals surface area contributed by atoms with E-state index in [-0.39, 0.29) is 0 Å². The molecule has 82 valence electrons. The van der Waals surface area contributed by atoms with Gasteiger partial charge in [0.1, 0.15) is 0 Å². The molecule has 0 aliphatic carbocycles. The summed E-state index contributed by atoms with van der Waals surface area (Å²) in [5, 5.41) is 0. The van der Waals surface area contributed by atoms with Crippen LogP contribution in [0.3, 0.4) is 0 Å². The Morgan fingerprint density at radius 3 is 2.43 bits per heavy atom. The van der Waals surface area contributed by atoms with E-state index in [0.29, 0.717) is 6.54 Å². The van der Waals surface area contributed by atoms with Crippen molar-refractivity contribution in [2.45, 2.75) is 52.9 Å². The predicted molar refractivity (Wildman–Crippen MR) is 64.7 cm³/mol. The predicted octanol–water partition coefficient (Wildman–Crippen LogP) is 3.28. The van der Waals surface area contributed by atoms with Gasteiger partial charge in [-0.2, -0.15) is 0 Å². The SMILES string of the molecule is CCCCCC/C=N\C(CN)=C(C)C. The normalized spacial score (nSPS) is 10.9. The first kappa shape index (κ1) is 13.4. The maximum Gasteiger partial charge on any atom is 0.0521 e. The standard InChI is InChI=1S/C12H24N2/c1-4-5-6-7-8-9-14-12(10-13)11(2)3/h9H,4-8,10,13H2,1-3H3/b14-9-. The topological polar surface area (TPSA) is 38.4 Å². The summed E-state index contributed by atoms with van der Waals surface area (Å²) in [7, 11) is 0. The number of nitrogens with zero attached hydrogens (tertiary/aromatic N) is 1. The maximum absolute atomic E-state index is 5.56. The molecule has 0 radical (unpaired) electrons. The molecule has 0 aromatic carbocycles. The van der Waals surface area contributed by atoms with Crippen LogP contribution in [0.15, 0.2) is 16.3 Å². The fourth-order valence-electron chi connectivity index (χ4n) is 1.22. The Balaban J connectivity index is 3.66. The summed E-state index contributed by atoms with van der Waals surface area (Å²) in [5.74, 6) is 0. The van der Waals surface area contributed by atoms with Crippen LogP contribution < -0.4 is 5.73 Å². The van der Waals surface area contributed by atoms with Crippen molar-refractivity contribution in [1.82, 2.24) is 0 Å². The minimum atomic E-state index is 0.549. The number of aliphatic imine (C=N–C) groups is 1. The molecule has 0 atom stereocenters. The van der Waals surface area contributed by atoms with Gasteiger partial charge in [0, 0.05) is 12.8 Å². The zero-order chi connectivity index (χ0) is 10.8. The van der Waals surface area contributed by atoms with Crippen molar-refractivity contribution in [1.29, 1.82) is 0 Å². The number of nitrogens with two attached hydrogens (primary N) is 1. The minimum absolute atomic E-state index is 0.549. The summed E-state index contributed by atoms with van der Waals surface area (Å²) in [5.41, 5.74) is 7.81. The molecule has 2 heteroatoms. The summed E-state index contributed by atoms with van der Waals surface area (Å²) < 4.78 is 0. The lowest BCUT2D eigenvalue weighted by molar-refractivity contribution is 0.685. The quantitative estimate of drug-likeness (QED) is 0.492. The third-order valence-corrected chi connectivity index (χ3v) is 2.20. The van der Waals surface area contributed by atoms with Crippen molar-refractivity contribution < 1.29 is 0 Å². The minimum Gasteiger partial charge on any atom is -0.325 e. The van der Waals surface area contributed by atoms with E-state index >= 15 is 0 Å². The Kier molecular flexibility index (Phi) is 8.54. The highest BCUT2D eigenvalue weighted by Gasteiger charge is 1.91. The van der Waals surface area contributed by atoms with Gasteiger partial charge in [-0.15, -0.1) is 0 Å². The molecule has 0 aromatic rings. The molecule has 14 heavy (non-hydrogen) atoms. The molecule has 0 saturated carbocycles. The van der Waals surface area contributed by atoms with Gasteiger partial charge in [-0.05, 0) is 26.7 Å². The molecule has 0 spiro atoms. The number of hydrogen-bond acceptors (Lipinski definition) is 2. The van der Waals surface area contributed by atoms with E-state index in [9.17, 15) is 0 Å². The van der Waals surface area contributed by atoms with Crippen LogP contribution >= 0.6 is 0 Å². The molecule has 0 heterocycles. The van der Waals surface area contributed by atoms with Gasteiger partial charge in [0.15, 0.2) is 0 Å². The Bertz CT molecular complexity index is 188. The van der Waals surface area contributed by atoms with Crippen molar-refractivity contribution in [2.75, 3.05) is 6.54 Å². The van der Waals surface area contributed by atoms with E-state index in [2.05, 4.69) is 25.8 Å². The Morgan fingerprint density at radius 1 is 1.21 bits per heavy atom. The van der Waals surface area contributed by atoms with Crippen molar-refractivity contribution in [3.05, 3.63) is 11.3 Å². The highest BCUT2D eigenvalue weighted by atomic mass is 14.8. The number of allylic oxidation sites excluding steroid dienone is 1. The second-order valence-corrected chi connectivity index (χ2v) is 3.81. The summed E-state index contributed by atoms with van der Waals surface area (Å²) in [4.78, 5) is 4.37. The van der Waals surface area contributed by atoms with Crippen molar-refractivity contribution >= 4 is 6.21 Å². The molecule has 2 N–H and O–H groups in total. The third-order valence-electron chi connectivity index (χ3n) is 2.20. The number of rotatable bonds is 7. The van der Waals surface area contributed by atoms with Crippen molar-refractivity contribution in [3.63, 3.8) is 0 Å². The van der Waals surface area contributed by atoms with E-state index in [1.54, 1.807) is 0 Å². The van der Waals surface area contributed by atoms with E-state index < -0.39 is 0 Å². The van der Waals surface area contributed by atoms with Crippen molar-refractivity contribution in [3.8, 4) is 0 Å². The van der Waals surface area contributed by atoms with E-state index in [0.717, 1.165) is 12.1 Å². The van der Waals surface area contributed by atoms with Crippen LogP contribution in [0, 0.1) is 0 Å². The van der Waals surface area contributed by atoms with Gasteiger partial charge < -0.3 is 5.73 Å². The lowest BCUT2D eigenvalue weighted by Crippen LogP contribution is -2.02. The lowest BCUT2D eigenvalue weighted by Gasteiger charge is -1.99. The van der Waals surface area contributed by atoms with Gasteiger partial charge >= 0.3 is 0 Å². The molecule has 0 rings (SSSR count). The van der Waals surface area contributed by atoms with Crippen molar-refractivity contribution in [2.24, 2.45) is 10.7 Å². The van der Waals surface area contributed by atoms with E-state index in [1.807, 2.05) is 6.21 Å². The molecule has 0 fully saturated rings. The van der Waals surface area contributed by atoms with Crippen LogP contribution in [0.2, 0.25) is 0 Å². The van der Waals surface area contributed by atoms with Crippen LogP contribution in [-0.2, 0) is 0 Å². The van der Waals surface area contributed by atoms with Crippen LogP contribution in [0.5, 0.6) is 0 Å². The second kappa shape index (κ2) is 8.95. The molecular formula is C12H24N2. The first-order valence-electron chi connectivity index (χ1n) is 5.61. The Hall–Kier alpha value is -0.630. The number of hydrogen-bond donors (Lipinski definition) is 1. The molecule has 0 aliphatic heterocycles. The summed E-state index contributed by atoms with van der Waals surface area (Å²) in [6.07, 6.45) is 8.27.